The second-order valence-electron chi connectivity index (χ2n) is 6.13. The maximum absolute atomic E-state index is 12.4. The molecule has 0 aromatic heterocycles. The lowest BCUT2D eigenvalue weighted by Crippen LogP contribution is -2.30. The van der Waals surface area contributed by atoms with Crippen LogP contribution in [-0.2, 0) is 17.8 Å². The van der Waals surface area contributed by atoms with E-state index in [2.05, 4.69) is 29.6 Å². The fraction of sp³-hybridized carbons (Fsp3) is 0.350. The van der Waals surface area contributed by atoms with Crippen LogP contribution in [0.4, 0.5) is 0 Å². The second-order valence-corrected chi connectivity index (χ2v) is 6.13. The molecule has 0 saturated carbocycles. The first-order valence-electron chi connectivity index (χ1n) is 8.22. The summed E-state index contributed by atoms with van der Waals surface area (Å²) in [6, 6.07) is 16.2. The van der Waals surface area contributed by atoms with Gasteiger partial charge in [0.05, 0.1) is 6.61 Å². The van der Waals surface area contributed by atoms with Crippen molar-refractivity contribution in [2.24, 2.45) is 0 Å². The fourth-order valence-electron chi connectivity index (χ4n) is 3.35. The Kier molecular flexibility index (Phi) is 5.09. The van der Waals surface area contributed by atoms with Crippen molar-refractivity contribution in [1.82, 2.24) is 5.32 Å². The Morgan fingerprint density at radius 2 is 2.09 bits per heavy atom. The summed E-state index contributed by atoms with van der Waals surface area (Å²) in [4.78, 5) is 12.4. The summed E-state index contributed by atoms with van der Waals surface area (Å²) >= 11 is 0. The summed E-state index contributed by atoms with van der Waals surface area (Å²) in [5.74, 6) is 0.414. The highest BCUT2D eigenvalue weighted by atomic mass is 16.5. The SMILES string of the molecule is COCc1cccc(C(=O)NCC2CCCc3ccccc32)c1. The van der Waals surface area contributed by atoms with E-state index < -0.39 is 0 Å². The van der Waals surface area contributed by atoms with Gasteiger partial charge in [0.25, 0.3) is 5.91 Å². The third-order valence-electron chi connectivity index (χ3n) is 4.50. The Bertz CT molecular complexity index is 681. The van der Waals surface area contributed by atoms with Gasteiger partial charge >= 0.3 is 0 Å². The molecule has 1 atom stereocenters. The molecule has 0 bridgehead atoms. The molecule has 1 N–H and O–H groups in total. The van der Waals surface area contributed by atoms with Crippen molar-refractivity contribution in [1.29, 1.82) is 0 Å². The molecule has 0 fully saturated rings. The van der Waals surface area contributed by atoms with Gasteiger partial charge in [-0.2, -0.15) is 0 Å². The number of nitrogens with one attached hydrogen (secondary N) is 1. The van der Waals surface area contributed by atoms with Crippen molar-refractivity contribution in [3.8, 4) is 0 Å². The predicted molar refractivity (Wildman–Crippen MR) is 91.6 cm³/mol. The molecule has 3 nitrogen and oxygen atoms in total. The van der Waals surface area contributed by atoms with Crippen molar-refractivity contribution >= 4 is 5.91 Å². The van der Waals surface area contributed by atoms with Crippen LogP contribution in [0.1, 0.15) is 45.8 Å². The topological polar surface area (TPSA) is 38.3 Å². The number of rotatable bonds is 5. The van der Waals surface area contributed by atoms with Crippen LogP contribution in [0.15, 0.2) is 48.5 Å². The number of carbonyl (C=O) groups is 1. The zero-order valence-corrected chi connectivity index (χ0v) is 13.5. The minimum absolute atomic E-state index is 0.00833. The van der Waals surface area contributed by atoms with E-state index in [0.717, 1.165) is 18.4 Å². The molecule has 1 aliphatic carbocycles. The highest BCUT2D eigenvalue weighted by molar-refractivity contribution is 5.94. The number of carbonyl (C=O) groups excluding carboxylic acids is 1. The zero-order chi connectivity index (χ0) is 16.1. The molecular weight excluding hydrogens is 286 g/mol. The molecule has 23 heavy (non-hydrogen) atoms. The summed E-state index contributed by atoms with van der Waals surface area (Å²) in [6.07, 6.45) is 3.49. The number of methoxy groups -OCH3 is 1. The molecule has 0 saturated heterocycles. The van der Waals surface area contributed by atoms with Crippen LogP contribution in [0.3, 0.4) is 0 Å². The zero-order valence-electron chi connectivity index (χ0n) is 13.5. The van der Waals surface area contributed by atoms with Crippen LogP contribution in [-0.4, -0.2) is 19.6 Å². The first-order valence-corrected chi connectivity index (χ1v) is 8.22. The number of amides is 1. The van der Waals surface area contributed by atoms with Crippen molar-refractivity contribution in [3.63, 3.8) is 0 Å². The molecule has 0 heterocycles. The summed E-state index contributed by atoms with van der Waals surface area (Å²) in [6.45, 7) is 1.22. The van der Waals surface area contributed by atoms with Crippen molar-refractivity contribution in [2.45, 2.75) is 31.8 Å². The number of ether oxygens (including phenoxy) is 1. The summed E-state index contributed by atoms with van der Waals surface area (Å²) < 4.78 is 5.13. The number of aryl methyl sites for hydroxylation is 1. The first kappa shape index (κ1) is 15.8. The smallest absolute Gasteiger partial charge is 0.251 e. The molecule has 2 aromatic rings. The van der Waals surface area contributed by atoms with E-state index >= 15 is 0 Å². The number of benzene rings is 2. The van der Waals surface area contributed by atoms with Gasteiger partial charge in [-0.05, 0) is 48.1 Å². The van der Waals surface area contributed by atoms with Gasteiger partial charge in [0, 0.05) is 25.1 Å². The van der Waals surface area contributed by atoms with Crippen LogP contribution in [0, 0.1) is 0 Å². The van der Waals surface area contributed by atoms with Crippen LogP contribution < -0.4 is 5.32 Å². The Hall–Kier alpha value is -2.13. The van der Waals surface area contributed by atoms with Crippen molar-refractivity contribution < 1.29 is 9.53 Å². The predicted octanol–water partition coefficient (Wildman–Crippen LogP) is 3.68. The Morgan fingerprint density at radius 3 is 2.96 bits per heavy atom. The van der Waals surface area contributed by atoms with E-state index in [4.69, 9.17) is 4.74 Å². The normalized spacial score (nSPS) is 16.7. The number of hydrogen-bond acceptors (Lipinski definition) is 2. The fourth-order valence-corrected chi connectivity index (χ4v) is 3.35. The Morgan fingerprint density at radius 1 is 1.22 bits per heavy atom. The standard InChI is InChI=1S/C20H23NO2/c1-23-14-15-6-4-9-17(12-15)20(22)21-13-18-10-5-8-16-7-2-3-11-19(16)18/h2-4,6-7,9,11-12,18H,5,8,10,13-14H2,1H3,(H,21,22). The van der Waals surface area contributed by atoms with Gasteiger partial charge in [-0.3, -0.25) is 4.79 Å². The lowest BCUT2D eigenvalue weighted by atomic mass is 9.83. The van der Waals surface area contributed by atoms with Crippen LogP contribution in [0.2, 0.25) is 0 Å². The largest absolute Gasteiger partial charge is 0.380 e. The Balaban J connectivity index is 1.65. The number of hydrogen-bond donors (Lipinski definition) is 1. The monoisotopic (exact) mass is 309 g/mol. The average molecular weight is 309 g/mol. The third-order valence-corrected chi connectivity index (χ3v) is 4.50. The molecule has 0 spiro atoms. The molecule has 1 unspecified atom stereocenters. The van der Waals surface area contributed by atoms with Crippen molar-refractivity contribution in [3.05, 3.63) is 70.8 Å². The van der Waals surface area contributed by atoms with Gasteiger partial charge in [-0.25, -0.2) is 0 Å². The van der Waals surface area contributed by atoms with E-state index in [1.54, 1.807) is 7.11 Å². The molecule has 3 rings (SSSR count). The summed E-state index contributed by atoms with van der Waals surface area (Å²) in [5, 5.41) is 3.10. The lowest BCUT2D eigenvalue weighted by molar-refractivity contribution is 0.0950. The third kappa shape index (κ3) is 3.80. The Labute approximate surface area is 137 Å². The van der Waals surface area contributed by atoms with Gasteiger partial charge in [-0.15, -0.1) is 0 Å². The maximum atomic E-state index is 12.4. The van der Waals surface area contributed by atoms with E-state index in [9.17, 15) is 4.79 Å². The van der Waals surface area contributed by atoms with Crippen LogP contribution in [0.25, 0.3) is 0 Å². The second kappa shape index (κ2) is 7.42. The van der Waals surface area contributed by atoms with Gasteiger partial charge < -0.3 is 10.1 Å². The van der Waals surface area contributed by atoms with Crippen LogP contribution in [0.5, 0.6) is 0 Å². The molecule has 0 aliphatic heterocycles. The molecule has 1 amide bonds. The maximum Gasteiger partial charge on any atom is 0.251 e. The molecule has 3 heteroatoms. The molecule has 1 aliphatic rings. The minimum Gasteiger partial charge on any atom is -0.380 e. The van der Waals surface area contributed by atoms with Gasteiger partial charge in [0.15, 0.2) is 0 Å². The molecule has 120 valence electrons. The lowest BCUT2D eigenvalue weighted by Gasteiger charge is -2.25. The number of fused-ring (bicyclic) bond motifs is 1. The van der Waals surface area contributed by atoms with Crippen LogP contribution >= 0.6 is 0 Å². The average Bonchev–Trinajstić information content (AvgIpc) is 2.60. The molecule has 0 radical (unpaired) electrons. The molecule has 2 aromatic carbocycles. The minimum atomic E-state index is -0.00833. The summed E-state index contributed by atoms with van der Waals surface area (Å²) in [7, 11) is 1.66. The summed E-state index contributed by atoms with van der Waals surface area (Å²) in [5.41, 5.74) is 4.54. The van der Waals surface area contributed by atoms with Gasteiger partial charge in [0.2, 0.25) is 0 Å². The highest BCUT2D eigenvalue weighted by Gasteiger charge is 2.20. The molecular formula is C20H23NO2. The van der Waals surface area contributed by atoms with Crippen molar-refractivity contribution in [2.75, 3.05) is 13.7 Å². The van der Waals surface area contributed by atoms with Gasteiger partial charge in [0.1, 0.15) is 0 Å². The van der Waals surface area contributed by atoms with Gasteiger partial charge in [-0.1, -0.05) is 36.4 Å². The van der Waals surface area contributed by atoms with E-state index in [0.29, 0.717) is 24.6 Å². The van der Waals surface area contributed by atoms with E-state index in [1.165, 1.54) is 17.5 Å². The first-order chi connectivity index (χ1) is 11.3. The van der Waals surface area contributed by atoms with E-state index in [-0.39, 0.29) is 5.91 Å². The highest BCUT2D eigenvalue weighted by Crippen LogP contribution is 2.30. The quantitative estimate of drug-likeness (QED) is 0.915. The van der Waals surface area contributed by atoms with E-state index in [1.807, 2.05) is 24.3 Å².